The molecule has 10 heteroatoms. The Hall–Kier alpha value is -0.876. The van der Waals surface area contributed by atoms with E-state index in [2.05, 4.69) is 51.4 Å². The molecule has 0 saturated carbocycles. The first-order valence-electron chi connectivity index (χ1n) is 12.8. The van der Waals surface area contributed by atoms with Crippen LogP contribution >= 0.6 is 23.2 Å². The van der Waals surface area contributed by atoms with E-state index in [9.17, 15) is 0 Å². The number of benzene rings is 1. The number of halogens is 2. The molecule has 1 aromatic heterocycles. The molecule has 1 aliphatic rings. The maximum atomic E-state index is 6.60. The van der Waals surface area contributed by atoms with Crippen LogP contribution < -0.4 is 4.74 Å². The second kappa shape index (κ2) is 13.3. The van der Waals surface area contributed by atoms with Crippen molar-refractivity contribution in [3.8, 4) is 5.75 Å². The van der Waals surface area contributed by atoms with Crippen LogP contribution in [0.3, 0.4) is 0 Å². The van der Waals surface area contributed by atoms with Crippen LogP contribution in [0.25, 0.3) is 11.0 Å². The van der Waals surface area contributed by atoms with E-state index in [4.69, 9.17) is 47.1 Å². The Kier molecular flexibility index (Phi) is 10.9. The summed E-state index contributed by atoms with van der Waals surface area (Å²) in [6.45, 7) is 16.9. The lowest BCUT2D eigenvalue weighted by Gasteiger charge is -2.17. The van der Waals surface area contributed by atoms with Crippen LogP contribution in [0.1, 0.15) is 18.7 Å². The lowest BCUT2D eigenvalue weighted by atomic mass is 10.1. The van der Waals surface area contributed by atoms with Crippen molar-refractivity contribution in [2.45, 2.75) is 77.5 Å². The second-order valence-electron chi connectivity index (χ2n) is 12.0. The molecule has 0 spiro atoms. The quantitative estimate of drug-likeness (QED) is 0.0941. The fraction of sp³-hybridized carbons (Fsp3) is 0.654. The molecule has 0 unspecified atom stereocenters. The summed E-state index contributed by atoms with van der Waals surface area (Å²) in [5.74, 6) is 1.70. The predicted octanol–water partition coefficient (Wildman–Crippen LogP) is 7.83. The first kappa shape index (κ1) is 29.7. The molecule has 0 radical (unpaired) electrons. The van der Waals surface area contributed by atoms with Gasteiger partial charge in [-0.3, -0.25) is 0 Å². The van der Waals surface area contributed by atoms with Crippen LogP contribution in [0.5, 0.6) is 5.75 Å². The van der Waals surface area contributed by atoms with Gasteiger partial charge in [0.15, 0.2) is 5.75 Å². The molecular weight excluding hydrogens is 531 g/mol. The first-order chi connectivity index (χ1) is 16.9. The van der Waals surface area contributed by atoms with Crippen LogP contribution in [0.15, 0.2) is 18.2 Å². The van der Waals surface area contributed by atoms with Gasteiger partial charge in [-0.25, -0.2) is 4.98 Å². The van der Waals surface area contributed by atoms with E-state index < -0.39 is 16.1 Å². The third kappa shape index (κ3) is 9.15. The number of rotatable bonds is 15. The average Bonchev–Trinajstić information content (AvgIpc) is 3.41. The standard InChI is InChI=1S/C26H42Cl2N2O4Si2/c1-35(2,3)13-11-31-18-30-22-15-21(27)24(28)26(34-16-20-9-7-8-10-20)25(22)29-23(30)17-33-19-32-12-14-36(4,5)6/h7-8,15,20H,9-14,16-19H2,1-6H3. The topological polar surface area (TPSA) is 54.7 Å². The van der Waals surface area contributed by atoms with Gasteiger partial charge in [-0.05, 0) is 36.9 Å². The highest BCUT2D eigenvalue weighted by Gasteiger charge is 2.22. The Labute approximate surface area is 228 Å². The van der Waals surface area contributed by atoms with E-state index in [0.29, 0.717) is 60.4 Å². The zero-order valence-corrected chi connectivity index (χ0v) is 26.2. The van der Waals surface area contributed by atoms with Gasteiger partial charge in [0.25, 0.3) is 0 Å². The zero-order chi connectivity index (χ0) is 26.3. The van der Waals surface area contributed by atoms with Crippen molar-refractivity contribution in [3.63, 3.8) is 0 Å². The Morgan fingerprint density at radius 1 is 0.944 bits per heavy atom. The minimum absolute atomic E-state index is 0.226. The summed E-state index contributed by atoms with van der Waals surface area (Å²) >= 11 is 13.1. The summed E-state index contributed by atoms with van der Waals surface area (Å²) in [4.78, 5) is 4.88. The summed E-state index contributed by atoms with van der Waals surface area (Å²) in [7, 11) is -2.33. The molecule has 0 aliphatic heterocycles. The summed E-state index contributed by atoms with van der Waals surface area (Å²) in [6.07, 6.45) is 6.41. The van der Waals surface area contributed by atoms with Crippen LogP contribution in [-0.4, -0.2) is 52.3 Å². The summed E-state index contributed by atoms with van der Waals surface area (Å²) in [5, 5.41) is 0.829. The van der Waals surface area contributed by atoms with Crippen LogP contribution in [0, 0.1) is 5.92 Å². The average molecular weight is 574 g/mol. The molecule has 0 fully saturated rings. The van der Waals surface area contributed by atoms with Gasteiger partial charge in [0.05, 0.1) is 17.1 Å². The van der Waals surface area contributed by atoms with E-state index in [1.807, 2.05) is 10.6 Å². The normalized spacial score (nSPS) is 14.9. The molecule has 6 nitrogen and oxygen atoms in total. The summed E-state index contributed by atoms with van der Waals surface area (Å²) < 4.78 is 25.9. The van der Waals surface area contributed by atoms with E-state index >= 15 is 0 Å². The monoisotopic (exact) mass is 572 g/mol. The fourth-order valence-corrected chi connectivity index (χ4v) is 5.68. The molecule has 1 heterocycles. The van der Waals surface area contributed by atoms with Crippen LogP contribution in [0.4, 0.5) is 0 Å². The Balaban J connectivity index is 1.77. The van der Waals surface area contributed by atoms with Crippen LogP contribution in [0.2, 0.25) is 61.4 Å². The number of ether oxygens (including phenoxy) is 4. The minimum Gasteiger partial charge on any atom is -0.489 e. The largest absolute Gasteiger partial charge is 0.489 e. The van der Waals surface area contributed by atoms with Crippen molar-refractivity contribution in [3.05, 3.63) is 34.1 Å². The highest BCUT2D eigenvalue weighted by atomic mass is 35.5. The third-order valence-corrected chi connectivity index (χ3v) is 10.3. The number of hydrogen-bond acceptors (Lipinski definition) is 5. The number of nitrogens with zero attached hydrogens (tertiary/aromatic N) is 2. The molecule has 2 aromatic rings. The fourth-order valence-electron chi connectivity index (χ4n) is 3.78. The number of aromatic nitrogens is 2. The maximum Gasteiger partial charge on any atom is 0.167 e. The molecule has 0 amide bonds. The van der Waals surface area contributed by atoms with E-state index in [0.717, 1.165) is 36.3 Å². The highest BCUT2D eigenvalue weighted by molar-refractivity contribution is 6.76. The van der Waals surface area contributed by atoms with Crippen molar-refractivity contribution in [1.82, 2.24) is 9.55 Å². The predicted molar refractivity (Wildman–Crippen MR) is 155 cm³/mol. The maximum absolute atomic E-state index is 6.60. The first-order valence-corrected chi connectivity index (χ1v) is 21.0. The molecule has 36 heavy (non-hydrogen) atoms. The molecule has 0 bridgehead atoms. The van der Waals surface area contributed by atoms with Gasteiger partial charge in [-0.15, -0.1) is 0 Å². The smallest absolute Gasteiger partial charge is 0.167 e. The lowest BCUT2D eigenvalue weighted by Crippen LogP contribution is -2.22. The Morgan fingerprint density at radius 2 is 1.58 bits per heavy atom. The van der Waals surface area contributed by atoms with Gasteiger partial charge in [0.2, 0.25) is 0 Å². The molecular formula is C26H42Cl2N2O4Si2. The van der Waals surface area contributed by atoms with Crippen molar-refractivity contribution in [2.24, 2.45) is 5.92 Å². The van der Waals surface area contributed by atoms with Gasteiger partial charge in [-0.2, -0.15) is 0 Å². The van der Waals surface area contributed by atoms with Crippen molar-refractivity contribution >= 4 is 50.4 Å². The van der Waals surface area contributed by atoms with Crippen molar-refractivity contribution in [2.75, 3.05) is 26.6 Å². The van der Waals surface area contributed by atoms with E-state index in [-0.39, 0.29) is 6.79 Å². The molecule has 0 saturated heterocycles. The van der Waals surface area contributed by atoms with Gasteiger partial charge in [0, 0.05) is 29.4 Å². The second-order valence-corrected chi connectivity index (χ2v) is 24.0. The van der Waals surface area contributed by atoms with Gasteiger partial charge in [-0.1, -0.05) is 74.6 Å². The molecule has 1 aliphatic carbocycles. The zero-order valence-electron chi connectivity index (χ0n) is 22.7. The van der Waals surface area contributed by atoms with Crippen molar-refractivity contribution < 1.29 is 18.9 Å². The van der Waals surface area contributed by atoms with Gasteiger partial charge >= 0.3 is 0 Å². The SMILES string of the molecule is C[Si](C)(C)CCOCOCc1nc2c(OCC3CC=CC3)c(Cl)c(Cl)cc2n1COCC[Si](C)(C)C. The highest BCUT2D eigenvalue weighted by Crippen LogP contribution is 2.40. The van der Waals surface area contributed by atoms with Gasteiger partial charge in [0.1, 0.15) is 36.5 Å². The molecule has 0 atom stereocenters. The Bertz CT molecular complexity index is 1020. The lowest BCUT2D eigenvalue weighted by molar-refractivity contribution is -0.0609. The van der Waals surface area contributed by atoms with Crippen molar-refractivity contribution in [1.29, 1.82) is 0 Å². The Morgan fingerprint density at radius 3 is 2.22 bits per heavy atom. The summed E-state index contributed by atoms with van der Waals surface area (Å²) in [5.41, 5.74) is 1.51. The summed E-state index contributed by atoms with van der Waals surface area (Å²) in [6, 6.07) is 4.03. The molecule has 1 aromatic carbocycles. The third-order valence-electron chi connectivity index (χ3n) is 6.15. The number of allylic oxidation sites excluding steroid dienone is 2. The molecule has 3 rings (SSSR count). The molecule has 202 valence electrons. The number of fused-ring (bicyclic) bond motifs is 1. The van der Waals surface area contributed by atoms with Gasteiger partial charge < -0.3 is 23.5 Å². The molecule has 0 N–H and O–H groups in total. The number of imidazole rings is 1. The number of hydrogen-bond donors (Lipinski definition) is 0. The van der Waals surface area contributed by atoms with E-state index in [1.165, 1.54) is 0 Å². The van der Waals surface area contributed by atoms with E-state index in [1.54, 1.807) is 0 Å². The minimum atomic E-state index is -1.20. The van der Waals surface area contributed by atoms with Crippen LogP contribution in [-0.2, 0) is 27.5 Å².